The molecule has 2 amide bonds. The largest absolute Gasteiger partial charge is 0.338 e. The number of nitrogens with zero attached hydrogens (tertiary/aromatic N) is 2. The fourth-order valence-electron chi connectivity index (χ4n) is 2.30. The van der Waals surface area contributed by atoms with Crippen LogP contribution in [0.25, 0.3) is 0 Å². The molecule has 0 radical (unpaired) electrons. The summed E-state index contributed by atoms with van der Waals surface area (Å²) in [6.45, 7) is 11.2. The average Bonchev–Trinajstić information content (AvgIpc) is 2.26. The number of piperazine rings is 1. The summed E-state index contributed by atoms with van der Waals surface area (Å²) in [5, 5.41) is 6.31. The van der Waals surface area contributed by atoms with Gasteiger partial charge in [-0.2, -0.15) is 0 Å². The Kier molecular flexibility index (Phi) is 4.23. The molecule has 2 N–H and O–H groups in total. The number of likely N-dealkylation sites (tertiary alicyclic amines) is 1. The second-order valence-electron chi connectivity index (χ2n) is 5.42. The molecule has 2 aliphatic rings. The second-order valence-corrected chi connectivity index (χ2v) is 5.42. The van der Waals surface area contributed by atoms with Crippen LogP contribution in [0.1, 0.15) is 13.8 Å². The minimum absolute atomic E-state index is 0.102. The Morgan fingerprint density at radius 1 is 1.35 bits per heavy atom. The lowest BCUT2D eigenvalue weighted by atomic mass is 10.1. The summed E-state index contributed by atoms with van der Waals surface area (Å²) >= 11 is 0. The van der Waals surface area contributed by atoms with Crippen LogP contribution in [0.4, 0.5) is 4.79 Å². The van der Waals surface area contributed by atoms with Gasteiger partial charge in [-0.25, -0.2) is 4.79 Å². The van der Waals surface area contributed by atoms with Crippen LogP contribution in [0, 0.1) is 5.92 Å². The standard InChI is InChI=1S/C12H24N4O/c1-10(2)7-14-12(17)16-8-11(9-16)15-5-3-13-4-6-15/h10-11,13H,3-9H2,1-2H3,(H,14,17). The first-order valence-corrected chi connectivity index (χ1v) is 6.64. The van der Waals surface area contributed by atoms with Crippen LogP contribution in [0.5, 0.6) is 0 Å². The van der Waals surface area contributed by atoms with Crippen molar-refractivity contribution in [2.75, 3.05) is 45.8 Å². The summed E-state index contributed by atoms with van der Waals surface area (Å²) in [7, 11) is 0. The van der Waals surface area contributed by atoms with Gasteiger partial charge in [-0.3, -0.25) is 4.90 Å². The first-order valence-electron chi connectivity index (χ1n) is 6.64. The highest BCUT2D eigenvalue weighted by Crippen LogP contribution is 2.15. The highest BCUT2D eigenvalue weighted by atomic mass is 16.2. The Hall–Kier alpha value is -0.810. The fourth-order valence-corrected chi connectivity index (χ4v) is 2.30. The molecule has 2 rings (SSSR count). The number of hydrogen-bond donors (Lipinski definition) is 2. The molecule has 2 heterocycles. The molecule has 98 valence electrons. The fraction of sp³-hybridized carbons (Fsp3) is 0.917. The Morgan fingerprint density at radius 2 is 2.00 bits per heavy atom. The minimum atomic E-state index is 0.102. The van der Waals surface area contributed by atoms with Gasteiger partial charge >= 0.3 is 6.03 Å². The molecular weight excluding hydrogens is 216 g/mol. The first-order chi connectivity index (χ1) is 8.16. The van der Waals surface area contributed by atoms with Crippen LogP contribution in [-0.4, -0.2) is 67.7 Å². The van der Waals surface area contributed by atoms with Crippen molar-refractivity contribution in [2.24, 2.45) is 5.92 Å². The van der Waals surface area contributed by atoms with Crippen LogP contribution >= 0.6 is 0 Å². The maximum Gasteiger partial charge on any atom is 0.317 e. The summed E-state index contributed by atoms with van der Waals surface area (Å²) in [6, 6.07) is 0.687. The highest BCUT2D eigenvalue weighted by Gasteiger charge is 2.34. The van der Waals surface area contributed by atoms with E-state index in [-0.39, 0.29) is 6.03 Å². The second kappa shape index (κ2) is 5.69. The zero-order chi connectivity index (χ0) is 12.3. The molecular formula is C12H24N4O. The molecule has 0 aromatic heterocycles. The van der Waals surface area contributed by atoms with Crippen molar-refractivity contribution in [3.63, 3.8) is 0 Å². The molecule has 0 unspecified atom stereocenters. The lowest BCUT2D eigenvalue weighted by Crippen LogP contribution is -2.65. The Balaban J connectivity index is 1.65. The summed E-state index contributed by atoms with van der Waals surface area (Å²) in [6.07, 6.45) is 0. The summed E-state index contributed by atoms with van der Waals surface area (Å²) in [5.41, 5.74) is 0. The third kappa shape index (κ3) is 3.33. The van der Waals surface area contributed by atoms with Gasteiger partial charge in [-0.05, 0) is 5.92 Å². The van der Waals surface area contributed by atoms with Crippen molar-refractivity contribution in [1.82, 2.24) is 20.4 Å². The zero-order valence-corrected chi connectivity index (χ0v) is 10.9. The van der Waals surface area contributed by atoms with Crippen molar-refractivity contribution >= 4 is 6.03 Å². The summed E-state index contributed by atoms with van der Waals surface area (Å²) < 4.78 is 0. The molecule has 5 nitrogen and oxygen atoms in total. The van der Waals surface area contributed by atoms with E-state index >= 15 is 0 Å². The molecule has 0 atom stereocenters. The van der Waals surface area contributed by atoms with Crippen molar-refractivity contribution in [1.29, 1.82) is 0 Å². The first kappa shape index (κ1) is 12.6. The van der Waals surface area contributed by atoms with Gasteiger partial charge in [-0.1, -0.05) is 13.8 Å². The molecule has 0 bridgehead atoms. The van der Waals surface area contributed by atoms with E-state index in [2.05, 4.69) is 29.4 Å². The number of amides is 2. The van der Waals surface area contributed by atoms with Crippen LogP contribution < -0.4 is 10.6 Å². The van der Waals surface area contributed by atoms with E-state index in [1.165, 1.54) is 0 Å². The Bertz CT molecular complexity index is 257. The zero-order valence-electron chi connectivity index (χ0n) is 10.9. The lowest BCUT2D eigenvalue weighted by Gasteiger charge is -2.46. The Morgan fingerprint density at radius 3 is 2.59 bits per heavy atom. The van der Waals surface area contributed by atoms with Crippen molar-refractivity contribution in [2.45, 2.75) is 19.9 Å². The molecule has 0 saturated carbocycles. The van der Waals surface area contributed by atoms with Crippen LogP contribution in [-0.2, 0) is 0 Å². The van der Waals surface area contributed by atoms with E-state index in [1.54, 1.807) is 0 Å². The number of hydrogen-bond acceptors (Lipinski definition) is 3. The van der Waals surface area contributed by atoms with Crippen LogP contribution in [0.2, 0.25) is 0 Å². The van der Waals surface area contributed by atoms with Crippen molar-refractivity contribution < 1.29 is 4.79 Å². The van der Waals surface area contributed by atoms with Gasteiger partial charge in [0.15, 0.2) is 0 Å². The van der Waals surface area contributed by atoms with Crippen LogP contribution in [0.15, 0.2) is 0 Å². The minimum Gasteiger partial charge on any atom is -0.338 e. The van der Waals surface area contributed by atoms with Crippen molar-refractivity contribution in [3.8, 4) is 0 Å². The highest BCUT2D eigenvalue weighted by molar-refractivity contribution is 5.75. The van der Waals surface area contributed by atoms with Gasteiger partial charge < -0.3 is 15.5 Å². The van der Waals surface area contributed by atoms with E-state index in [1.807, 2.05) is 4.90 Å². The number of nitrogens with one attached hydrogen (secondary N) is 2. The maximum absolute atomic E-state index is 11.7. The predicted octanol–water partition coefficient (Wildman–Crippen LogP) is -0.0586. The van der Waals surface area contributed by atoms with Crippen molar-refractivity contribution in [3.05, 3.63) is 0 Å². The molecule has 0 aliphatic carbocycles. The lowest BCUT2D eigenvalue weighted by molar-refractivity contribution is 0.0491. The quantitative estimate of drug-likeness (QED) is 0.726. The molecule has 0 aromatic carbocycles. The third-order valence-corrected chi connectivity index (χ3v) is 3.48. The summed E-state index contributed by atoms with van der Waals surface area (Å²) in [4.78, 5) is 16.1. The number of carbonyl (C=O) groups excluding carboxylic acids is 1. The Labute approximate surface area is 104 Å². The SMILES string of the molecule is CC(C)CNC(=O)N1CC(N2CCNCC2)C1. The van der Waals surface area contributed by atoms with Gasteiger partial charge in [0, 0.05) is 51.9 Å². The predicted molar refractivity (Wildman–Crippen MR) is 68.0 cm³/mol. The molecule has 2 saturated heterocycles. The summed E-state index contributed by atoms with van der Waals surface area (Å²) in [5.74, 6) is 0.518. The van der Waals surface area contributed by atoms with E-state index in [0.29, 0.717) is 12.0 Å². The number of rotatable bonds is 3. The van der Waals surface area contributed by atoms with E-state index in [4.69, 9.17) is 0 Å². The normalized spacial score (nSPS) is 22.6. The smallest absolute Gasteiger partial charge is 0.317 e. The molecule has 5 heteroatoms. The van der Waals surface area contributed by atoms with Gasteiger partial charge in [-0.15, -0.1) is 0 Å². The molecule has 0 aromatic rings. The van der Waals surface area contributed by atoms with Gasteiger partial charge in [0.1, 0.15) is 0 Å². The molecule has 0 spiro atoms. The molecule has 2 aliphatic heterocycles. The van der Waals surface area contributed by atoms with Gasteiger partial charge in [0.25, 0.3) is 0 Å². The van der Waals surface area contributed by atoms with E-state index in [9.17, 15) is 4.79 Å². The van der Waals surface area contributed by atoms with Gasteiger partial charge in [0.05, 0.1) is 0 Å². The average molecular weight is 240 g/mol. The number of urea groups is 1. The van der Waals surface area contributed by atoms with E-state index in [0.717, 1.165) is 45.8 Å². The van der Waals surface area contributed by atoms with Gasteiger partial charge in [0.2, 0.25) is 0 Å². The number of carbonyl (C=O) groups is 1. The molecule has 17 heavy (non-hydrogen) atoms. The van der Waals surface area contributed by atoms with E-state index < -0.39 is 0 Å². The topological polar surface area (TPSA) is 47.6 Å². The maximum atomic E-state index is 11.7. The molecule has 2 fully saturated rings. The third-order valence-electron chi connectivity index (χ3n) is 3.48. The monoisotopic (exact) mass is 240 g/mol. The van der Waals surface area contributed by atoms with Crippen LogP contribution in [0.3, 0.4) is 0 Å².